The number of aryl methyl sites for hydroxylation is 1. The molecule has 50 heavy (non-hydrogen) atoms. The molecule has 8 nitrogen and oxygen atoms in total. The number of fused-ring (bicyclic) bond motifs is 2. The van der Waals surface area contributed by atoms with Crippen LogP contribution in [-0.4, -0.2) is 40.2 Å². The monoisotopic (exact) mass is 672 g/mol. The van der Waals surface area contributed by atoms with Gasteiger partial charge in [0.1, 0.15) is 44.9 Å². The van der Waals surface area contributed by atoms with Crippen LogP contribution in [0.5, 0.6) is 11.5 Å². The summed E-state index contributed by atoms with van der Waals surface area (Å²) >= 11 is 0. The van der Waals surface area contributed by atoms with Gasteiger partial charge in [-0.05, 0) is 94.5 Å². The fraction of sp³-hybridized carbons (Fsp3) is 0.429. The highest BCUT2D eigenvalue weighted by atomic mass is 16.3. The molecule has 6 rings (SSSR count). The minimum atomic E-state index is -0.235. The largest absolute Gasteiger partial charge is 0.505 e. The highest BCUT2D eigenvalue weighted by molar-refractivity contribution is 5.75. The molecular weight excluding hydrogens is 621 g/mol. The van der Waals surface area contributed by atoms with Crippen LogP contribution in [0.2, 0.25) is 0 Å². The van der Waals surface area contributed by atoms with Gasteiger partial charge in [0.05, 0.1) is 0 Å². The van der Waals surface area contributed by atoms with Crippen molar-refractivity contribution in [1.82, 2.24) is 30.0 Å². The van der Waals surface area contributed by atoms with E-state index >= 15 is 0 Å². The van der Waals surface area contributed by atoms with Crippen molar-refractivity contribution in [3.05, 3.63) is 94.5 Å². The summed E-state index contributed by atoms with van der Waals surface area (Å²) in [6.07, 6.45) is 2.11. The standard InChI is InChI=1S/C42H52N6O2/c1-26-16-17-33-34(18-26)46-48(45-33)36-23-30(42(10,11)25-40(5,6)7)21-28(38(36)50)19-27-20-29(41(8,9)24-39(2,3)4)22-35(37(27)49)47-43-31-14-12-13-15-32(31)44-47/h12-18,20-23,49-50H,19,24-25H2,1-11H3. The molecule has 0 aliphatic heterocycles. The third kappa shape index (κ3) is 7.25. The van der Waals surface area contributed by atoms with E-state index < -0.39 is 0 Å². The fourth-order valence-corrected chi connectivity index (χ4v) is 7.87. The number of hydrogen-bond acceptors (Lipinski definition) is 6. The Balaban J connectivity index is 1.56. The van der Waals surface area contributed by atoms with E-state index in [9.17, 15) is 10.2 Å². The molecular formula is C42H52N6O2. The zero-order valence-electron chi connectivity index (χ0n) is 31.5. The molecule has 0 radical (unpaired) electrons. The molecule has 6 aromatic rings. The lowest BCUT2D eigenvalue weighted by atomic mass is 9.71. The number of aromatic nitrogens is 6. The van der Waals surface area contributed by atoms with Gasteiger partial charge in [0.2, 0.25) is 0 Å². The number of aromatic hydroxyl groups is 2. The average molecular weight is 673 g/mol. The van der Waals surface area contributed by atoms with Crippen LogP contribution in [0.25, 0.3) is 33.4 Å². The number of phenols is 2. The summed E-state index contributed by atoms with van der Waals surface area (Å²) in [5.41, 5.74) is 8.30. The molecule has 2 N–H and O–H groups in total. The van der Waals surface area contributed by atoms with Gasteiger partial charge in [0, 0.05) is 17.5 Å². The number of hydrogen-bond donors (Lipinski definition) is 2. The van der Waals surface area contributed by atoms with Gasteiger partial charge in [-0.1, -0.05) is 99.6 Å². The Morgan fingerprint density at radius 1 is 0.520 bits per heavy atom. The highest BCUT2D eigenvalue weighted by Gasteiger charge is 2.32. The van der Waals surface area contributed by atoms with Crippen LogP contribution in [0.1, 0.15) is 110 Å². The lowest BCUT2D eigenvalue weighted by Crippen LogP contribution is -2.25. The normalized spacial score (nSPS) is 13.1. The summed E-state index contributed by atoms with van der Waals surface area (Å²) in [5.74, 6) is 0.167. The minimum absolute atomic E-state index is 0.0678. The van der Waals surface area contributed by atoms with Crippen molar-refractivity contribution in [2.24, 2.45) is 10.8 Å². The van der Waals surface area contributed by atoms with Crippen LogP contribution in [0.3, 0.4) is 0 Å². The fourth-order valence-electron chi connectivity index (χ4n) is 7.87. The first-order valence-corrected chi connectivity index (χ1v) is 17.6. The number of phenolic OH excluding ortho intramolecular Hbond substituents is 2. The molecule has 0 fully saturated rings. The first kappa shape index (κ1) is 35.1. The number of nitrogens with zero attached hydrogens (tertiary/aromatic N) is 6. The Morgan fingerprint density at radius 2 is 0.920 bits per heavy atom. The van der Waals surface area contributed by atoms with E-state index in [0.717, 1.165) is 51.6 Å². The van der Waals surface area contributed by atoms with Crippen LogP contribution in [0.4, 0.5) is 0 Å². The van der Waals surface area contributed by atoms with Crippen molar-refractivity contribution in [3.63, 3.8) is 0 Å². The highest BCUT2D eigenvalue weighted by Crippen LogP contribution is 2.43. The SMILES string of the molecule is Cc1ccc2nn(-c3cc(C(C)(C)CC(C)(C)C)cc(Cc4cc(C(C)(C)CC(C)(C)C)cc(-n5nc6ccccc6n5)c4O)c3O)nc2c1. The van der Waals surface area contributed by atoms with Gasteiger partial charge >= 0.3 is 0 Å². The second-order valence-corrected chi connectivity index (χ2v) is 17.9. The Kier molecular flexibility index (Phi) is 8.61. The molecule has 262 valence electrons. The Labute approximate surface area is 296 Å². The van der Waals surface area contributed by atoms with Crippen molar-refractivity contribution in [1.29, 1.82) is 0 Å². The summed E-state index contributed by atoms with van der Waals surface area (Å²) < 4.78 is 0. The van der Waals surface area contributed by atoms with E-state index in [0.29, 0.717) is 22.5 Å². The van der Waals surface area contributed by atoms with E-state index in [1.54, 1.807) is 4.80 Å². The van der Waals surface area contributed by atoms with E-state index in [1.807, 2.05) is 61.5 Å². The van der Waals surface area contributed by atoms with Gasteiger partial charge in [-0.15, -0.1) is 30.0 Å². The third-order valence-corrected chi connectivity index (χ3v) is 9.48. The molecule has 0 saturated heterocycles. The Morgan fingerprint density at radius 3 is 1.34 bits per heavy atom. The van der Waals surface area contributed by atoms with Crippen LogP contribution < -0.4 is 0 Å². The molecule has 0 aliphatic rings. The van der Waals surface area contributed by atoms with Crippen LogP contribution >= 0.6 is 0 Å². The lowest BCUT2D eigenvalue weighted by Gasteiger charge is -2.34. The topological polar surface area (TPSA) is 102 Å². The van der Waals surface area contributed by atoms with Crippen LogP contribution in [-0.2, 0) is 17.3 Å². The summed E-state index contributed by atoms with van der Waals surface area (Å²) in [6.45, 7) is 24.5. The molecule has 0 spiro atoms. The van der Waals surface area contributed by atoms with Crippen molar-refractivity contribution in [2.75, 3.05) is 0 Å². The predicted octanol–water partition coefficient (Wildman–Crippen LogP) is 9.89. The van der Waals surface area contributed by atoms with Crippen molar-refractivity contribution in [3.8, 4) is 22.9 Å². The van der Waals surface area contributed by atoms with Crippen LogP contribution in [0, 0.1) is 17.8 Å². The molecule has 0 saturated carbocycles. The van der Waals surface area contributed by atoms with E-state index in [1.165, 1.54) is 4.80 Å². The van der Waals surface area contributed by atoms with E-state index in [-0.39, 0.29) is 39.6 Å². The smallest absolute Gasteiger partial charge is 0.146 e. The second kappa shape index (κ2) is 12.3. The quantitative estimate of drug-likeness (QED) is 0.167. The molecule has 0 aliphatic carbocycles. The molecule has 2 heterocycles. The summed E-state index contributed by atoms with van der Waals surface area (Å²) in [6, 6.07) is 21.9. The first-order chi connectivity index (χ1) is 23.2. The average Bonchev–Trinajstić information content (AvgIpc) is 3.60. The van der Waals surface area contributed by atoms with Gasteiger partial charge < -0.3 is 10.2 Å². The summed E-state index contributed by atoms with van der Waals surface area (Å²) in [7, 11) is 0. The molecule has 0 amide bonds. The molecule has 8 heteroatoms. The summed E-state index contributed by atoms with van der Waals surface area (Å²) in [5, 5.41) is 43.1. The van der Waals surface area contributed by atoms with E-state index in [4.69, 9.17) is 20.4 Å². The van der Waals surface area contributed by atoms with Crippen molar-refractivity contribution >= 4 is 22.1 Å². The van der Waals surface area contributed by atoms with E-state index in [2.05, 4.69) is 81.4 Å². The molecule has 0 unspecified atom stereocenters. The number of benzene rings is 4. The van der Waals surface area contributed by atoms with Crippen molar-refractivity contribution in [2.45, 2.75) is 106 Å². The summed E-state index contributed by atoms with van der Waals surface area (Å²) in [4.78, 5) is 3.09. The van der Waals surface area contributed by atoms with Gasteiger partial charge in [0.15, 0.2) is 0 Å². The maximum absolute atomic E-state index is 12.0. The molecule has 0 bridgehead atoms. The lowest BCUT2D eigenvalue weighted by molar-refractivity contribution is 0.283. The zero-order chi connectivity index (χ0) is 36.4. The molecule has 0 atom stereocenters. The number of rotatable bonds is 8. The van der Waals surface area contributed by atoms with Gasteiger partial charge in [-0.3, -0.25) is 0 Å². The Hall–Kier alpha value is -4.72. The molecule has 2 aromatic heterocycles. The zero-order valence-corrected chi connectivity index (χ0v) is 31.5. The van der Waals surface area contributed by atoms with Gasteiger partial charge in [0.25, 0.3) is 0 Å². The maximum atomic E-state index is 12.0. The Bertz CT molecular complexity index is 2180. The van der Waals surface area contributed by atoms with Crippen LogP contribution in [0.15, 0.2) is 66.7 Å². The van der Waals surface area contributed by atoms with Gasteiger partial charge in [-0.2, -0.15) is 0 Å². The predicted molar refractivity (Wildman–Crippen MR) is 203 cm³/mol. The second-order valence-electron chi connectivity index (χ2n) is 17.9. The third-order valence-electron chi connectivity index (χ3n) is 9.48. The maximum Gasteiger partial charge on any atom is 0.146 e. The molecule has 4 aromatic carbocycles. The first-order valence-electron chi connectivity index (χ1n) is 17.6. The van der Waals surface area contributed by atoms with Crippen molar-refractivity contribution < 1.29 is 10.2 Å². The minimum Gasteiger partial charge on any atom is -0.505 e. The van der Waals surface area contributed by atoms with Gasteiger partial charge in [-0.25, -0.2) is 0 Å².